The van der Waals surface area contributed by atoms with E-state index in [1.807, 2.05) is 37.3 Å². The van der Waals surface area contributed by atoms with Gasteiger partial charge in [-0.2, -0.15) is 0 Å². The van der Waals surface area contributed by atoms with Crippen LogP contribution in [0, 0.1) is 10.8 Å². The number of piperidine rings is 1. The summed E-state index contributed by atoms with van der Waals surface area (Å²) in [5.41, 5.74) is 6.18. The van der Waals surface area contributed by atoms with Gasteiger partial charge in [0.2, 0.25) is 17.7 Å². The average molecular weight is 647 g/mol. The summed E-state index contributed by atoms with van der Waals surface area (Å²) in [7, 11) is 0. The van der Waals surface area contributed by atoms with Crippen LogP contribution in [0.1, 0.15) is 53.5 Å². The Morgan fingerprint density at radius 1 is 1.04 bits per heavy atom. The maximum Gasteiger partial charge on any atom is 0.251 e. The van der Waals surface area contributed by atoms with Crippen LogP contribution in [0.2, 0.25) is 0 Å². The number of carbonyl (C=O) groups is 4. The zero-order valence-corrected chi connectivity index (χ0v) is 26.5. The molecule has 2 aromatic carbocycles. The number of nitrogens with two attached hydrogens (primary N) is 1. The summed E-state index contributed by atoms with van der Waals surface area (Å²) in [6.45, 7) is 4.03. The molecule has 0 radical (unpaired) electrons. The third kappa shape index (κ3) is 7.72. The highest BCUT2D eigenvalue weighted by molar-refractivity contribution is 7.10. The highest BCUT2D eigenvalue weighted by Gasteiger charge is 2.67. The second kappa shape index (κ2) is 14.1. The van der Waals surface area contributed by atoms with E-state index >= 15 is 0 Å². The smallest absolute Gasteiger partial charge is 0.251 e. The molecule has 1 aromatic heterocycles. The van der Waals surface area contributed by atoms with Crippen molar-refractivity contribution in [3.8, 4) is 11.5 Å². The molecular weight excluding hydrogens is 608 g/mol. The van der Waals surface area contributed by atoms with Gasteiger partial charge in [-0.1, -0.05) is 18.2 Å². The molecule has 12 nitrogen and oxygen atoms in total. The fourth-order valence-corrected chi connectivity index (χ4v) is 6.66. The zero-order chi connectivity index (χ0) is 32.8. The number of nitrogens with one attached hydrogen (secondary N) is 4. The molecule has 0 spiro atoms. The van der Waals surface area contributed by atoms with Gasteiger partial charge in [0, 0.05) is 46.3 Å². The van der Waals surface area contributed by atoms with Crippen LogP contribution >= 0.6 is 11.3 Å². The second-order valence-electron chi connectivity index (χ2n) is 11.6. The number of para-hydroxylation sites is 1. The third-order valence-electron chi connectivity index (χ3n) is 8.23. The molecule has 0 bridgehead atoms. The quantitative estimate of drug-likeness (QED) is 0.102. The van der Waals surface area contributed by atoms with Crippen molar-refractivity contribution in [2.45, 2.75) is 44.8 Å². The van der Waals surface area contributed by atoms with Crippen LogP contribution in [0.4, 0.5) is 0 Å². The van der Waals surface area contributed by atoms with Crippen LogP contribution < -0.4 is 26.4 Å². The van der Waals surface area contributed by atoms with Crippen LogP contribution in [0.3, 0.4) is 0 Å². The molecule has 2 fully saturated rings. The van der Waals surface area contributed by atoms with Gasteiger partial charge >= 0.3 is 0 Å². The predicted octanol–water partition coefficient (Wildman–Crippen LogP) is 2.94. The molecule has 4 atom stereocenters. The molecule has 2 aliphatic rings. The summed E-state index contributed by atoms with van der Waals surface area (Å²) < 4.78 is 11.6. The van der Waals surface area contributed by atoms with Gasteiger partial charge in [0.05, 0.1) is 25.8 Å². The molecule has 6 N–H and O–H groups in total. The normalized spacial score (nSPS) is 20.3. The molecule has 1 saturated heterocycles. The van der Waals surface area contributed by atoms with E-state index in [-0.39, 0.29) is 47.6 Å². The first-order chi connectivity index (χ1) is 22.1. The molecule has 1 aliphatic carbocycles. The first kappa shape index (κ1) is 32.6. The highest BCUT2D eigenvalue weighted by Crippen LogP contribution is 2.59. The number of nitrogens with zero attached hydrogens (tertiary/aromatic N) is 1. The molecule has 5 rings (SSSR count). The van der Waals surface area contributed by atoms with Gasteiger partial charge in [0.15, 0.2) is 0 Å². The molecule has 1 saturated carbocycles. The highest BCUT2D eigenvalue weighted by atomic mass is 32.1. The minimum atomic E-state index is -0.744. The maximum absolute atomic E-state index is 13.6. The van der Waals surface area contributed by atoms with E-state index in [2.05, 4.69) is 16.0 Å². The number of hydrogen-bond donors (Lipinski definition) is 5. The van der Waals surface area contributed by atoms with Crippen LogP contribution in [0.5, 0.6) is 11.5 Å². The Balaban J connectivity index is 1.21. The van der Waals surface area contributed by atoms with E-state index in [0.29, 0.717) is 55.2 Å². The minimum Gasteiger partial charge on any atom is -0.457 e. The maximum atomic E-state index is 13.6. The van der Waals surface area contributed by atoms with Crippen LogP contribution in [0.15, 0.2) is 66.0 Å². The Hall–Kier alpha value is -4.75. The first-order valence-corrected chi connectivity index (χ1v) is 15.9. The Labute approximate surface area is 271 Å². The Morgan fingerprint density at radius 2 is 1.76 bits per heavy atom. The summed E-state index contributed by atoms with van der Waals surface area (Å²) in [6, 6.07) is 16.4. The number of likely N-dealkylation sites (tertiary alicyclic amines) is 1. The number of ether oxygens (including phenoxy) is 2. The van der Waals surface area contributed by atoms with Crippen LogP contribution in [-0.2, 0) is 19.1 Å². The van der Waals surface area contributed by atoms with Crippen molar-refractivity contribution >= 4 is 40.8 Å². The van der Waals surface area contributed by atoms with E-state index < -0.39 is 11.9 Å². The molecule has 3 aromatic rings. The van der Waals surface area contributed by atoms with Crippen molar-refractivity contribution in [2.75, 3.05) is 26.3 Å². The molecule has 1 unspecified atom stereocenters. The molecule has 46 heavy (non-hydrogen) atoms. The Morgan fingerprint density at radius 3 is 2.43 bits per heavy atom. The first-order valence-electron chi connectivity index (χ1n) is 15.0. The molecular formula is C33H38N6O6S. The van der Waals surface area contributed by atoms with Crippen molar-refractivity contribution in [2.24, 2.45) is 11.1 Å². The third-order valence-corrected chi connectivity index (χ3v) is 9.35. The molecule has 2 heterocycles. The number of amidine groups is 1. The van der Waals surface area contributed by atoms with E-state index in [9.17, 15) is 19.2 Å². The van der Waals surface area contributed by atoms with Crippen molar-refractivity contribution in [1.29, 1.82) is 5.41 Å². The van der Waals surface area contributed by atoms with E-state index in [1.165, 1.54) is 18.3 Å². The van der Waals surface area contributed by atoms with Gasteiger partial charge in [-0.3, -0.25) is 24.6 Å². The van der Waals surface area contributed by atoms with Gasteiger partial charge in [-0.15, -0.1) is 11.3 Å². The number of benzene rings is 2. The fourth-order valence-electron chi connectivity index (χ4n) is 5.74. The van der Waals surface area contributed by atoms with Gasteiger partial charge in [-0.25, -0.2) is 0 Å². The number of fused-ring (bicyclic) bond motifs is 1. The molecule has 13 heteroatoms. The van der Waals surface area contributed by atoms with Gasteiger partial charge in [-0.05, 0) is 62.2 Å². The number of thiophene rings is 1. The zero-order valence-electron chi connectivity index (χ0n) is 25.7. The van der Waals surface area contributed by atoms with E-state index in [1.54, 1.807) is 40.6 Å². The van der Waals surface area contributed by atoms with Crippen molar-refractivity contribution in [1.82, 2.24) is 20.9 Å². The number of nitrogen functional groups attached to an aromatic ring is 1. The van der Waals surface area contributed by atoms with Crippen LogP contribution in [-0.4, -0.2) is 72.8 Å². The van der Waals surface area contributed by atoms with Gasteiger partial charge < -0.3 is 36.1 Å². The summed E-state index contributed by atoms with van der Waals surface area (Å²) >= 11 is 1.39. The largest absolute Gasteiger partial charge is 0.457 e. The van der Waals surface area contributed by atoms with Gasteiger partial charge in [0.1, 0.15) is 23.4 Å². The Bertz CT molecular complexity index is 1600. The number of rotatable bonds is 14. The second-order valence-corrected chi connectivity index (χ2v) is 12.6. The summed E-state index contributed by atoms with van der Waals surface area (Å²) in [5.74, 6) is -0.0259. The fraction of sp³-hybridized carbons (Fsp3) is 0.364. The summed E-state index contributed by atoms with van der Waals surface area (Å²) in [4.78, 5) is 53.7. The lowest BCUT2D eigenvalue weighted by Crippen LogP contribution is -2.51. The van der Waals surface area contributed by atoms with Gasteiger partial charge in [0.25, 0.3) is 5.91 Å². The summed E-state index contributed by atoms with van der Waals surface area (Å²) in [5, 5.41) is 17.8. The topological polar surface area (TPSA) is 176 Å². The number of carbonyl (C=O) groups excluding carboxylic acids is 4. The Kier molecular flexibility index (Phi) is 10.0. The summed E-state index contributed by atoms with van der Waals surface area (Å²) in [6.07, 6.45) is 1.10. The van der Waals surface area contributed by atoms with Crippen molar-refractivity contribution < 1.29 is 28.7 Å². The van der Waals surface area contributed by atoms with Crippen molar-refractivity contribution in [3.63, 3.8) is 0 Å². The number of hydrogen-bond acceptors (Lipinski definition) is 8. The molecule has 4 amide bonds. The minimum absolute atomic E-state index is 0.0485. The van der Waals surface area contributed by atoms with Crippen molar-refractivity contribution in [3.05, 3.63) is 82.0 Å². The lowest BCUT2D eigenvalue weighted by molar-refractivity contribution is -0.139. The average Bonchev–Trinajstić information content (AvgIpc) is 3.35. The predicted molar refractivity (Wildman–Crippen MR) is 173 cm³/mol. The SMILES string of the molecule is CC(=O)NCCOC[C@@]12C[C@@H]1N(C(=O)CNC(=O)c1ccc(Oc3ccccc3)cc1)[C@H](C(=O)NC(C)c1cc(C(=N)N)cs1)C2. The monoisotopic (exact) mass is 646 g/mol. The van der Waals surface area contributed by atoms with E-state index in [0.717, 1.165) is 4.88 Å². The van der Waals surface area contributed by atoms with E-state index in [4.69, 9.17) is 20.6 Å². The molecule has 242 valence electrons. The standard InChI is InChI=1S/C33H38N6O6S/c1-20(27-14-23(18-46-27)30(34)35)38-32(43)26-15-33(19-44-13-12-36-21(2)40)16-28(33)39(26)29(41)17-37-31(42)22-8-10-25(11-9-22)45-24-6-4-3-5-7-24/h3-11,14,18,20,26,28H,12-13,15-17,19H2,1-2H3,(H3,34,35)(H,36,40)(H,37,42)(H,38,43)/t20?,26-,28-,33+/m0/s1. The molecule has 1 aliphatic heterocycles. The lowest BCUT2D eigenvalue weighted by atomic mass is 10.00. The van der Waals surface area contributed by atoms with Crippen LogP contribution in [0.25, 0.3) is 0 Å². The number of amides is 4. The lowest BCUT2D eigenvalue weighted by Gasteiger charge is -2.28.